The number of aliphatic hydroxyl groups excluding tert-OH is 1. The predicted molar refractivity (Wildman–Crippen MR) is 157 cm³/mol. The molecule has 1 amide bonds. The van der Waals surface area contributed by atoms with Gasteiger partial charge in [0.1, 0.15) is 23.2 Å². The van der Waals surface area contributed by atoms with Crippen LogP contribution < -0.4 is 10.1 Å². The van der Waals surface area contributed by atoms with Crippen LogP contribution in [0.5, 0.6) is 5.75 Å². The van der Waals surface area contributed by atoms with Crippen molar-refractivity contribution in [2.45, 2.75) is 58.0 Å². The van der Waals surface area contributed by atoms with E-state index in [1.165, 1.54) is 6.33 Å². The summed E-state index contributed by atoms with van der Waals surface area (Å²) >= 11 is 0. The summed E-state index contributed by atoms with van der Waals surface area (Å²) in [6.07, 6.45) is 2.90. The number of carbonyl (C=O) groups is 1. The number of nitrogens with zero attached hydrogens (tertiary/aromatic N) is 5. The number of aromatic nitrogens is 3. The Balaban J connectivity index is 1.32. The smallest absolute Gasteiger partial charge is 0.410 e. The molecule has 1 aliphatic heterocycles. The van der Waals surface area contributed by atoms with Crippen LogP contribution in [-0.2, 0) is 17.8 Å². The zero-order chi connectivity index (χ0) is 29.0. The lowest BCUT2D eigenvalue weighted by Crippen LogP contribution is -2.56. The second kappa shape index (κ2) is 12.2. The molecular formula is C31H38N6O4. The number of fused-ring (bicyclic) bond motifs is 1. The van der Waals surface area contributed by atoms with Gasteiger partial charge in [0.2, 0.25) is 0 Å². The summed E-state index contributed by atoms with van der Waals surface area (Å²) < 4.78 is 12.9. The number of ether oxygens (including phenoxy) is 2. The molecule has 10 heteroatoms. The van der Waals surface area contributed by atoms with Gasteiger partial charge in [-0.15, -0.1) is 0 Å². The Hall–Kier alpha value is -4.15. The van der Waals surface area contributed by atoms with E-state index in [2.05, 4.69) is 20.3 Å². The Morgan fingerprint density at radius 3 is 2.68 bits per heavy atom. The Labute approximate surface area is 240 Å². The highest BCUT2D eigenvalue weighted by Crippen LogP contribution is 2.28. The first-order chi connectivity index (χ1) is 19.7. The van der Waals surface area contributed by atoms with E-state index < -0.39 is 17.8 Å². The fourth-order valence-corrected chi connectivity index (χ4v) is 5.23. The summed E-state index contributed by atoms with van der Waals surface area (Å²) in [4.78, 5) is 21.7. The maximum atomic E-state index is 13.3. The van der Waals surface area contributed by atoms with E-state index in [1.54, 1.807) is 16.5 Å². The van der Waals surface area contributed by atoms with Gasteiger partial charge in [-0.25, -0.2) is 14.3 Å². The number of aliphatic hydroxyl groups is 1. The highest BCUT2D eigenvalue weighted by molar-refractivity contribution is 5.76. The van der Waals surface area contributed by atoms with Crippen molar-refractivity contribution in [1.82, 2.24) is 24.4 Å². The predicted octanol–water partition coefficient (Wildman–Crippen LogP) is 4.85. The third-order valence-electron chi connectivity index (χ3n) is 7.12. The molecule has 2 aromatic heterocycles. The molecule has 216 valence electrons. The minimum atomic E-state index is -0.737. The van der Waals surface area contributed by atoms with Crippen LogP contribution in [0.4, 0.5) is 16.3 Å². The quantitative estimate of drug-likeness (QED) is 0.316. The van der Waals surface area contributed by atoms with Gasteiger partial charge in [-0.2, -0.15) is 5.10 Å². The molecule has 0 spiro atoms. The normalized spacial score (nSPS) is 17.8. The van der Waals surface area contributed by atoms with Crippen LogP contribution in [-0.4, -0.2) is 73.5 Å². The van der Waals surface area contributed by atoms with Crippen LogP contribution in [0.3, 0.4) is 0 Å². The van der Waals surface area contributed by atoms with Crippen molar-refractivity contribution in [2.24, 2.45) is 0 Å². The summed E-state index contributed by atoms with van der Waals surface area (Å²) in [5.41, 5.74) is 3.12. The van der Waals surface area contributed by atoms with Gasteiger partial charge in [0.15, 0.2) is 5.82 Å². The van der Waals surface area contributed by atoms with Crippen LogP contribution >= 0.6 is 0 Å². The largest absolute Gasteiger partial charge is 0.497 e. The topological polar surface area (TPSA) is 104 Å². The van der Waals surface area contributed by atoms with Gasteiger partial charge in [-0.05, 0) is 56.5 Å². The van der Waals surface area contributed by atoms with Gasteiger partial charge >= 0.3 is 6.09 Å². The second-order valence-corrected chi connectivity index (χ2v) is 11.4. The third kappa shape index (κ3) is 6.96. The van der Waals surface area contributed by atoms with E-state index in [9.17, 15) is 9.90 Å². The van der Waals surface area contributed by atoms with E-state index in [-0.39, 0.29) is 6.04 Å². The van der Waals surface area contributed by atoms with Crippen molar-refractivity contribution < 1.29 is 19.4 Å². The highest BCUT2D eigenvalue weighted by Gasteiger charge is 2.37. The molecule has 1 aliphatic rings. The van der Waals surface area contributed by atoms with Gasteiger partial charge in [0, 0.05) is 44.1 Å². The van der Waals surface area contributed by atoms with Crippen molar-refractivity contribution in [3.63, 3.8) is 0 Å². The number of likely N-dealkylation sites (tertiary alicyclic amines) is 1. The summed E-state index contributed by atoms with van der Waals surface area (Å²) in [6, 6.07) is 19.2. The van der Waals surface area contributed by atoms with Crippen LogP contribution in [0.15, 0.2) is 73.2 Å². The summed E-state index contributed by atoms with van der Waals surface area (Å²) in [5.74, 6) is 1.43. The first kappa shape index (κ1) is 28.4. The number of hydrogen-bond acceptors (Lipinski definition) is 8. The molecule has 0 aliphatic carbocycles. The summed E-state index contributed by atoms with van der Waals surface area (Å²) in [5, 5.41) is 19.1. The molecule has 1 saturated heterocycles. The molecule has 5 rings (SSSR count). The number of carbonyl (C=O) groups excluding carboxylic acids is 1. The highest BCUT2D eigenvalue weighted by atomic mass is 16.6. The van der Waals surface area contributed by atoms with Gasteiger partial charge < -0.3 is 19.9 Å². The first-order valence-electron chi connectivity index (χ1n) is 13.9. The van der Waals surface area contributed by atoms with E-state index in [0.29, 0.717) is 38.4 Å². The van der Waals surface area contributed by atoms with Crippen LogP contribution in [0, 0.1) is 0 Å². The van der Waals surface area contributed by atoms with Crippen molar-refractivity contribution in [3.05, 3.63) is 84.3 Å². The number of hydrogen-bond donors (Lipinski definition) is 2. The molecule has 0 bridgehead atoms. The molecule has 2 aromatic carbocycles. The number of anilines is 2. The first-order valence-corrected chi connectivity index (χ1v) is 13.9. The van der Waals surface area contributed by atoms with Gasteiger partial charge in [0.05, 0.1) is 19.3 Å². The zero-order valence-corrected chi connectivity index (χ0v) is 24.0. The number of piperidine rings is 1. The van der Waals surface area contributed by atoms with E-state index in [0.717, 1.165) is 28.1 Å². The lowest BCUT2D eigenvalue weighted by Gasteiger charge is -2.42. The maximum absolute atomic E-state index is 13.3. The Morgan fingerprint density at radius 1 is 1.15 bits per heavy atom. The molecule has 3 heterocycles. The minimum Gasteiger partial charge on any atom is -0.497 e. The number of β-amino-alcohol motifs (C(OH)–C–C–N with tert-alkyl or cyclic N) is 1. The van der Waals surface area contributed by atoms with Gasteiger partial charge in [-0.3, -0.25) is 9.80 Å². The molecule has 1 fully saturated rings. The van der Waals surface area contributed by atoms with Crippen LogP contribution in [0.2, 0.25) is 0 Å². The second-order valence-electron chi connectivity index (χ2n) is 11.4. The summed E-state index contributed by atoms with van der Waals surface area (Å²) in [6.45, 7) is 7.67. The number of benzene rings is 2. The molecule has 2 N–H and O–H groups in total. The summed E-state index contributed by atoms with van der Waals surface area (Å²) in [7, 11) is 1.64. The number of rotatable bonds is 8. The third-order valence-corrected chi connectivity index (χ3v) is 7.12. The Kier molecular flexibility index (Phi) is 8.41. The molecular weight excluding hydrogens is 520 g/mol. The van der Waals surface area contributed by atoms with Crippen molar-refractivity contribution >= 4 is 23.1 Å². The fourth-order valence-electron chi connectivity index (χ4n) is 5.23. The number of amides is 1. The molecule has 41 heavy (non-hydrogen) atoms. The van der Waals surface area contributed by atoms with E-state index in [1.807, 2.05) is 87.6 Å². The average molecular weight is 559 g/mol. The number of methoxy groups -OCH3 is 1. The number of nitrogens with one attached hydrogen (secondary N) is 1. The Bertz CT molecular complexity index is 1470. The molecule has 2 atom stereocenters. The van der Waals surface area contributed by atoms with Crippen molar-refractivity contribution in [2.75, 3.05) is 25.5 Å². The van der Waals surface area contributed by atoms with Crippen LogP contribution in [0.1, 0.15) is 38.3 Å². The van der Waals surface area contributed by atoms with E-state index >= 15 is 0 Å². The molecule has 0 saturated carbocycles. The molecule has 0 unspecified atom stereocenters. The SMILES string of the molecule is COc1cccc(Nc2ncnn3ccc(CN4CC[C@@H](N(Cc5ccccc5)C(=O)OC(C)(C)C)[C@H](O)C4)c23)c1. The lowest BCUT2D eigenvalue weighted by atomic mass is 9.99. The molecule has 0 radical (unpaired) electrons. The Morgan fingerprint density at radius 2 is 1.95 bits per heavy atom. The van der Waals surface area contributed by atoms with Crippen molar-refractivity contribution in [1.29, 1.82) is 0 Å². The van der Waals surface area contributed by atoms with Gasteiger partial charge in [0.25, 0.3) is 0 Å². The van der Waals surface area contributed by atoms with E-state index in [4.69, 9.17) is 9.47 Å². The van der Waals surface area contributed by atoms with Crippen molar-refractivity contribution in [3.8, 4) is 5.75 Å². The van der Waals surface area contributed by atoms with Gasteiger partial charge in [-0.1, -0.05) is 36.4 Å². The van der Waals surface area contributed by atoms with Crippen LogP contribution in [0.25, 0.3) is 5.52 Å². The minimum absolute atomic E-state index is 0.360. The zero-order valence-electron chi connectivity index (χ0n) is 24.0. The maximum Gasteiger partial charge on any atom is 0.410 e. The molecule has 4 aromatic rings. The fraction of sp³-hybridized carbons (Fsp3) is 0.387. The molecule has 10 nitrogen and oxygen atoms in total. The standard InChI is InChI=1S/C31H38N6O4/c1-31(2,3)41-30(39)36(18-22-9-6-5-7-10-22)26-14-15-35(20-27(26)38)19-23-13-16-37-28(23)29(32-21-33-37)34-24-11-8-12-25(17-24)40-4/h5-13,16-17,21,26-27,38H,14-15,18-20H2,1-4H3,(H,32,33,34)/t26-,27-/m1/s1. The lowest BCUT2D eigenvalue weighted by molar-refractivity contribution is -0.0363. The average Bonchev–Trinajstić information content (AvgIpc) is 3.35. The monoisotopic (exact) mass is 558 g/mol.